The van der Waals surface area contributed by atoms with E-state index >= 15 is 0 Å². The smallest absolute Gasteiger partial charge is 0.325 e. The fourth-order valence-corrected chi connectivity index (χ4v) is 3.69. The number of carboxylic acids is 1. The third kappa shape index (κ3) is 5.06. The standard InChI is InChI=1S/C20H28N4O5/c1-28-10-5-21-18(25)13-23-6-8-24(9-7-23)19(20(26)27)16-12-22-17-4-3-14(29-2)11-15(16)17/h3-4,11-12,19,22H,5-10,13H2,1-2H3,(H,21,25)(H,26,27)/t19-/m1/s1. The van der Waals surface area contributed by atoms with E-state index in [0.29, 0.717) is 51.6 Å². The maximum absolute atomic E-state index is 12.1. The molecule has 1 aromatic carbocycles. The first-order valence-electron chi connectivity index (χ1n) is 9.63. The van der Waals surface area contributed by atoms with E-state index in [-0.39, 0.29) is 5.91 Å². The number of ether oxygens (including phenoxy) is 2. The van der Waals surface area contributed by atoms with Gasteiger partial charge in [0.05, 0.1) is 20.3 Å². The summed E-state index contributed by atoms with van der Waals surface area (Å²) >= 11 is 0. The molecule has 0 bridgehead atoms. The first-order valence-corrected chi connectivity index (χ1v) is 9.63. The van der Waals surface area contributed by atoms with Crippen LogP contribution in [0.2, 0.25) is 0 Å². The molecule has 1 aliphatic heterocycles. The number of amides is 1. The average Bonchev–Trinajstić information content (AvgIpc) is 3.12. The second-order valence-corrected chi connectivity index (χ2v) is 7.05. The summed E-state index contributed by atoms with van der Waals surface area (Å²) in [4.78, 5) is 31.2. The van der Waals surface area contributed by atoms with E-state index in [9.17, 15) is 14.7 Å². The highest BCUT2D eigenvalue weighted by Crippen LogP contribution is 2.31. The minimum atomic E-state index is -0.889. The molecule has 1 amide bonds. The number of H-pyrrole nitrogens is 1. The zero-order valence-corrected chi connectivity index (χ0v) is 16.8. The monoisotopic (exact) mass is 404 g/mol. The predicted molar refractivity (Wildman–Crippen MR) is 108 cm³/mol. The van der Waals surface area contributed by atoms with Gasteiger partial charge in [0, 0.05) is 62.5 Å². The lowest BCUT2D eigenvalue weighted by Crippen LogP contribution is -2.51. The third-order valence-electron chi connectivity index (χ3n) is 5.22. The van der Waals surface area contributed by atoms with Crippen LogP contribution in [-0.2, 0) is 14.3 Å². The third-order valence-corrected chi connectivity index (χ3v) is 5.22. The van der Waals surface area contributed by atoms with E-state index < -0.39 is 12.0 Å². The fourth-order valence-electron chi connectivity index (χ4n) is 3.69. The predicted octanol–water partition coefficient (Wildman–Crippen LogP) is 0.682. The van der Waals surface area contributed by atoms with Crippen molar-refractivity contribution in [3.8, 4) is 5.75 Å². The van der Waals surface area contributed by atoms with Crippen molar-refractivity contribution in [1.82, 2.24) is 20.1 Å². The van der Waals surface area contributed by atoms with E-state index in [4.69, 9.17) is 9.47 Å². The van der Waals surface area contributed by atoms with E-state index in [1.807, 2.05) is 28.0 Å². The van der Waals surface area contributed by atoms with Gasteiger partial charge >= 0.3 is 5.97 Å². The summed E-state index contributed by atoms with van der Waals surface area (Å²) in [5, 5.41) is 13.6. The molecule has 3 N–H and O–H groups in total. The number of nitrogens with zero attached hydrogens (tertiary/aromatic N) is 2. The van der Waals surface area contributed by atoms with Crippen LogP contribution >= 0.6 is 0 Å². The summed E-state index contributed by atoms with van der Waals surface area (Å²) in [7, 11) is 3.18. The molecule has 9 nitrogen and oxygen atoms in total. The molecule has 1 saturated heterocycles. The lowest BCUT2D eigenvalue weighted by molar-refractivity contribution is -0.144. The molecular formula is C20H28N4O5. The van der Waals surface area contributed by atoms with Gasteiger partial charge in [-0.05, 0) is 18.2 Å². The Kier molecular flexibility index (Phi) is 7.08. The molecule has 1 atom stereocenters. The Morgan fingerprint density at radius 1 is 1.24 bits per heavy atom. The molecule has 0 aliphatic carbocycles. The van der Waals surface area contributed by atoms with Crippen LogP contribution in [0.15, 0.2) is 24.4 Å². The minimum absolute atomic E-state index is 0.0472. The van der Waals surface area contributed by atoms with Crippen molar-refractivity contribution in [2.75, 3.05) is 60.1 Å². The lowest BCUT2D eigenvalue weighted by atomic mass is 10.0. The Bertz CT molecular complexity index is 845. The van der Waals surface area contributed by atoms with Gasteiger partial charge in [0.25, 0.3) is 0 Å². The maximum atomic E-state index is 12.1. The van der Waals surface area contributed by atoms with Crippen molar-refractivity contribution >= 4 is 22.8 Å². The highest BCUT2D eigenvalue weighted by molar-refractivity contribution is 5.90. The zero-order chi connectivity index (χ0) is 20.8. The van der Waals surface area contributed by atoms with Gasteiger partial charge in [-0.1, -0.05) is 0 Å². The summed E-state index contributed by atoms with van der Waals surface area (Å²) in [6, 6.07) is 4.83. The number of aromatic nitrogens is 1. The minimum Gasteiger partial charge on any atom is -0.497 e. The number of aromatic amines is 1. The molecule has 2 heterocycles. The van der Waals surface area contributed by atoms with Crippen molar-refractivity contribution in [3.05, 3.63) is 30.0 Å². The molecule has 2 aromatic rings. The SMILES string of the molecule is COCCNC(=O)CN1CCN([C@@H](C(=O)O)c2c[nH]c3ccc(OC)cc23)CC1. The molecule has 29 heavy (non-hydrogen) atoms. The molecule has 1 aliphatic rings. The summed E-state index contributed by atoms with van der Waals surface area (Å²) in [5.74, 6) is -0.250. The van der Waals surface area contributed by atoms with Crippen LogP contribution < -0.4 is 10.1 Å². The van der Waals surface area contributed by atoms with Gasteiger partial charge < -0.3 is 24.9 Å². The number of rotatable bonds is 9. The van der Waals surface area contributed by atoms with Gasteiger partial charge in [-0.2, -0.15) is 0 Å². The number of carbonyl (C=O) groups excluding carboxylic acids is 1. The first-order chi connectivity index (χ1) is 14.0. The number of carbonyl (C=O) groups is 2. The van der Waals surface area contributed by atoms with Crippen LogP contribution in [-0.4, -0.2) is 91.9 Å². The molecule has 158 valence electrons. The van der Waals surface area contributed by atoms with Gasteiger partial charge in [0.1, 0.15) is 11.8 Å². The summed E-state index contributed by atoms with van der Waals surface area (Å²) in [5.41, 5.74) is 1.59. The van der Waals surface area contributed by atoms with Gasteiger partial charge in [-0.3, -0.25) is 19.4 Å². The van der Waals surface area contributed by atoms with Gasteiger partial charge in [0.15, 0.2) is 0 Å². The van der Waals surface area contributed by atoms with E-state index in [1.54, 1.807) is 20.4 Å². The van der Waals surface area contributed by atoms with Crippen LogP contribution in [0, 0.1) is 0 Å². The van der Waals surface area contributed by atoms with Crippen molar-refractivity contribution in [2.45, 2.75) is 6.04 Å². The van der Waals surface area contributed by atoms with Crippen LogP contribution in [0.3, 0.4) is 0 Å². The Hall–Kier alpha value is -2.62. The first kappa shape index (κ1) is 21.1. The van der Waals surface area contributed by atoms with Crippen LogP contribution in [0.5, 0.6) is 5.75 Å². The molecule has 0 spiro atoms. The highest BCUT2D eigenvalue weighted by Gasteiger charge is 2.32. The van der Waals surface area contributed by atoms with Crippen molar-refractivity contribution in [2.24, 2.45) is 0 Å². The lowest BCUT2D eigenvalue weighted by Gasteiger charge is -2.37. The molecule has 1 aromatic heterocycles. The van der Waals surface area contributed by atoms with E-state index in [0.717, 1.165) is 16.5 Å². The van der Waals surface area contributed by atoms with Gasteiger partial charge in [-0.15, -0.1) is 0 Å². The molecule has 0 saturated carbocycles. The second kappa shape index (κ2) is 9.73. The van der Waals surface area contributed by atoms with Crippen LogP contribution in [0.1, 0.15) is 11.6 Å². The van der Waals surface area contributed by atoms with E-state index in [2.05, 4.69) is 10.3 Å². The quantitative estimate of drug-likeness (QED) is 0.528. The Morgan fingerprint density at radius 3 is 2.66 bits per heavy atom. The molecule has 1 fully saturated rings. The topological polar surface area (TPSA) is 107 Å². The number of aliphatic carboxylic acids is 1. The Labute approximate surface area is 169 Å². The maximum Gasteiger partial charge on any atom is 0.325 e. The van der Waals surface area contributed by atoms with Crippen LogP contribution in [0.25, 0.3) is 10.9 Å². The highest BCUT2D eigenvalue weighted by atomic mass is 16.5. The van der Waals surface area contributed by atoms with Gasteiger partial charge in [0.2, 0.25) is 5.91 Å². The summed E-state index contributed by atoms with van der Waals surface area (Å²) in [6.07, 6.45) is 1.76. The molecule has 9 heteroatoms. The number of piperazine rings is 1. The second-order valence-electron chi connectivity index (χ2n) is 7.05. The summed E-state index contributed by atoms with van der Waals surface area (Å²) in [6.45, 7) is 3.67. The van der Waals surface area contributed by atoms with Gasteiger partial charge in [-0.25, -0.2) is 0 Å². The normalized spacial score (nSPS) is 16.6. The summed E-state index contributed by atoms with van der Waals surface area (Å²) < 4.78 is 10.2. The number of methoxy groups -OCH3 is 2. The number of carboxylic acid groups (broad SMARTS) is 1. The zero-order valence-electron chi connectivity index (χ0n) is 16.8. The van der Waals surface area contributed by atoms with Crippen molar-refractivity contribution in [3.63, 3.8) is 0 Å². The molecule has 3 rings (SSSR count). The number of hydrogen-bond donors (Lipinski definition) is 3. The number of benzene rings is 1. The molecule has 0 radical (unpaired) electrons. The number of hydrogen-bond acceptors (Lipinski definition) is 6. The largest absolute Gasteiger partial charge is 0.497 e. The van der Waals surface area contributed by atoms with Crippen molar-refractivity contribution < 1.29 is 24.2 Å². The van der Waals surface area contributed by atoms with E-state index in [1.165, 1.54) is 0 Å². The fraction of sp³-hybridized carbons (Fsp3) is 0.500. The Balaban J connectivity index is 1.66. The number of nitrogens with one attached hydrogen (secondary N) is 2. The number of fused-ring (bicyclic) bond motifs is 1. The Morgan fingerprint density at radius 2 is 2.00 bits per heavy atom. The molecule has 0 unspecified atom stereocenters. The van der Waals surface area contributed by atoms with Crippen LogP contribution in [0.4, 0.5) is 0 Å². The molecular weight excluding hydrogens is 376 g/mol. The van der Waals surface area contributed by atoms with Crippen molar-refractivity contribution in [1.29, 1.82) is 0 Å². The average molecular weight is 404 g/mol.